The van der Waals surface area contributed by atoms with Crippen LogP contribution in [-0.4, -0.2) is 83.1 Å². The molecular formula is C24H40N10O6. The van der Waals surface area contributed by atoms with Crippen LogP contribution < -0.4 is 44.6 Å². The van der Waals surface area contributed by atoms with Crippen molar-refractivity contribution < 1.29 is 29.4 Å². The van der Waals surface area contributed by atoms with Crippen LogP contribution in [0.4, 0.5) is 0 Å². The molecule has 15 N–H and O–H groups in total. The molecule has 0 bridgehead atoms. The lowest BCUT2D eigenvalue weighted by Gasteiger charge is -2.23. The van der Waals surface area contributed by atoms with Gasteiger partial charge in [0.2, 0.25) is 17.7 Å². The molecule has 0 radical (unpaired) electrons. The average Bonchev–Trinajstić information content (AvgIpc) is 2.88. The maximum Gasteiger partial charge on any atom is 0.326 e. The van der Waals surface area contributed by atoms with Gasteiger partial charge in [-0.15, -0.1) is 0 Å². The summed E-state index contributed by atoms with van der Waals surface area (Å²) in [5.74, 6) is -3.50. The average molecular weight is 565 g/mol. The molecule has 0 heterocycles. The predicted molar refractivity (Wildman–Crippen MR) is 149 cm³/mol. The molecule has 16 nitrogen and oxygen atoms in total. The summed E-state index contributed by atoms with van der Waals surface area (Å²) in [6, 6.07) is 1.55. The SMILES string of the molecule is C[C@H](NC(=O)[C@H](Cc1ccc(O)cc1)NC(=O)[C@@H](N)CCCN=C(N)N)C(=O)N[C@@H](CCCN=C(N)N)C(=O)O. The second-order valence-electron chi connectivity index (χ2n) is 9.07. The lowest BCUT2D eigenvalue weighted by atomic mass is 10.0. The minimum atomic E-state index is -1.26. The fraction of sp³-hybridized carbons (Fsp3) is 0.500. The van der Waals surface area contributed by atoms with Gasteiger partial charge in [-0.25, -0.2) is 4.79 Å². The molecule has 0 aliphatic heterocycles. The summed E-state index contributed by atoms with van der Waals surface area (Å²) in [4.78, 5) is 57.7. The number of phenolic OH excluding ortho intramolecular Hbond substituents is 1. The number of aliphatic imine (C=N–C) groups is 2. The molecule has 3 amide bonds. The van der Waals surface area contributed by atoms with Gasteiger partial charge in [0.05, 0.1) is 6.04 Å². The highest BCUT2D eigenvalue weighted by Crippen LogP contribution is 2.12. The van der Waals surface area contributed by atoms with Gasteiger partial charge in [-0.05, 0) is 50.3 Å². The smallest absolute Gasteiger partial charge is 0.326 e. The van der Waals surface area contributed by atoms with E-state index in [2.05, 4.69) is 25.9 Å². The zero-order valence-electron chi connectivity index (χ0n) is 22.4. The maximum atomic E-state index is 13.1. The monoisotopic (exact) mass is 564 g/mol. The van der Waals surface area contributed by atoms with Crippen LogP contribution in [0.3, 0.4) is 0 Å². The Labute approximate surface area is 231 Å². The molecular weight excluding hydrogens is 524 g/mol. The quantitative estimate of drug-likeness (QED) is 0.0514. The van der Waals surface area contributed by atoms with E-state index in [1.165, 1.54) is 19.1 Å². The highest BCUT2D eigenvalue weighted by molar-refractivity contribution is 5.94. The van der Waals surface area contributed by atoms with E-state index in [0.29, 0.717) is 18.4 Å². The molecule has 1 aromatic rings. The van der Waals surface area contributed by atoms with Gasteiger partial charge < -0.3 is 54.8 Å². The van der Waals surface area contributed by atoms with E-state index in [-0.39, 0.29) is 50.0 Å². The summed E-state index contributed by atoms with van der Waals surface area (Å²) >= 11 is 0. The summed E-state index contributed by atoms with van der Waals surface area (Å²) in [5, 5.41) is 26.4. The van der Waals surface area contributed by atoms with E-state index >= 15 is 0 Å². The maximum absolute atomic E-state index is 13.1. The summed E-state index contributed by atoms with van der Waals surface area (Å²) in [5.41, 5.74) is 27.6. The van der Waals surface area contributed by atoms with Crippen LogP contribution in [0, 0.1) is 0 Å². The van der Waals surface area contributed by atoms with E-state index in [1.807, 2.05) is 0 Å². The molecule has 0 unspecified atom stereocenters. The minimum absolute atomic E-state index is 0.0214. The Morgan fingerprint density at radius 2 is 1.32 bits per heavy atom. The third-order valence-electron chi connectivity index (χ3n) is 5.63. The number of hydrogen-bond donors (Lipinski definition) is 10. The number of nitrogens with zero attached hydrogens (tertiary/aromatic N) is 2. The minimum Gasteiger partial charge on any atom is -0.508 e. The first-order valence-corrected chi connectivity index (χ1v) is 12.6. The summed E-state index contributed by atoms with van der Waals surface area (Å²) in [6.45, 7) is 1.84. The molecule has 0 aromatic heterocycles. The molecule has 16 heteroatoms. The number of benzene rings is 1. The van der Waals surface area contributed by atoms with E-state index in [1.54, 1.807) is 12.1 Å². The first kappa shape index (κ1) is 33.4. The van der Waals surface area contributed by atoms with Crippen LogP contribution in [0.1, 0.15) is 38.2 Å². The number of nitrogens with two attached hydrogens (primary N) is 5. The Hall–Kier alpha value is -4.60. The molecule has 0 saturated carbocycles. The van der Waals surface area contributed by atoms with E-state index < -0.39 is 47.9 Å². The second kappa shape index (κ2) is 17.1. The van der Waals surface area contributed by atoms with Gasteiger partial charge in [-0.1, -0.05) is 12.1 Å². The van der Waals surface area contributed by atoms with Crippen molar-refractivity contribution in [2.75, 3.05) is 13.1 Å². The Bertz CT molecular complexity index is 1050. The van der Waals surface area contributed by atoms with Crippen molar-refractivity contribution >= 4 is 35.6 Å². The molecule has 0 aliphatic carbocycles. The van der Waals surface area contributed by atoms with Crippen molar-refractivity contribution in [2.45, 2.75) is 63.2 Å². The van der Waals surface area contributed by atoms with Gasteiger partial charge >= 0.3 is 5.97 Å². The van der Waals surface area contributed by atoms with Crippen LogP contribution in [0.2, 0.25) is 0 Å². The van der Waals surface area contributed by atoms with E-state index in [9.17, 15) is 29.4 Å². The second-order valence-corrected chi connectivity index (χ2v) is 9.07. The third-order valence-corrected chi connectivity index (χ3v) is 5.63. The fourth-order valence-corrected chi connectivity index (χ4v) is 3.44. The van der Waals surface area contributed by atoms with Crippen molar-refractivity contribution in [3.05, 3.63) is 29.8 Å². The number of carboxylic acids is 1. The van der Waals surface area contributed by atoms with Crippen LogP contribution in [0.5, 0.6) is 5.75 Å². The first-order valence-electron chi connectivity index (χ1n) is 12.6. The molecule has 222 valence electrons. The molecule has 0 saturated heterocycles. The van der Waals surface area contributed by atoms with Crippen molar-refractivity contribution in [1.29, 1.82) is 0 Å². The number of phenols is 1. The molecule has 4 atom stereocenters. The molecule has 1 aromatic carbocycles. The summed E-state index contributed by atoms with van der Waals surface area (Å²) < 4.78 is 0. The zero-order chi connectivity index (χ0) is 30.2. The molecule has 0 spiro atoms. The first-order chi connectivity index (χ1) is 18.8. The number of carbonyl (C=O) groups is 4. The Balaban J connectivity index is 2.87. The van der Waals surface area contributed by atoms with Crippen molar-refractivity contribution in [3.63, 3.8) is 0 Å². The van der Waals surface area contributed by atoms with Gasteiger partial charge in [-0.3, -0.25) is 24.4 Å². The van der Waals surface area contributed by atoms with Crippen LogP contribution in [-0.2, 0) is 25.6 Å². The van der Waals surface area contributed by atoms with Gasteiger partial charge in [-0.2, -0.15) is 0 Å². The highest BCUT2D eigenvalue weighted by Gasteiger charge is 2.28. The summed E-state index contributed by atoms with van der Waals surface area (Å²) in [7, 11) is 0. The topological polar surface area (TPSA) is 300 Å². The number of amides is 3. The van der Waals surface area contributed by atoms with Crippen molar-refractivity contribution in [3.8, 4) is 5.75 Å². The number of rotatable bonds is 17. The van der Waals surface area contributed by atoms with Crippen LogP contribution >= 0.6 is 0 Å². The summed E-state index contributed by atoms with van der Waals surface area (Å²) in [6.07, 6.45) is 1.04. The molecule has 0 fully saturated rings. The van der Waals surface area contributed by atoms with Crippen LogP contribution in [0.15, 0.2) is 34.3 Å². The number of carbonyl (C=O) groups excluding carboxylic acids is 3. The fourth-order valence-electron chi connectivity index (χ4n) is 3.44. The van der Waals surface area contributed by atoms with E-state index in [0.717, 1.165) is 0 Å². The standard InChI is InChI=1S/C24H40N10O6/c1-13(19(36)33-17(22(39)40)5-3-11-31-24(28)29)32-21(38)18(12-14-6-8-15(35)9-7-14)34-20(37)16(25)4-2-10-30-23(26)27/h6-9,13,16-18,35H,2-5,10-12,25H2,1H3,(H,32,38)(H,33,36)(H,34,37)(H,39,40)(H4,26,27,30)(H4,28,29,31)/t13-,16-,17-,18-/m0/s1. The Kier molecular flexibility index (Phi) is 14.3. The molecule has 1 rings (SSSR count). The lowest BCUT2D eigenvalue weighted by Crippen LogP contribution is -2.56. The van der Waals surface area contributed by atoms with Gasteiger partial charge in [0.15, 0.2) is 11.9 Å². The Morgan fingerprint density at radius 1 is 0.800 bits per heavy atom. The number of nitrogens with one attached hydrogen (secondary N) is 3. The van der Waals surface area contributed by atoms with Gasteiger partial charge in [0.25, 0.3) is 0 Å². The largest absolute Gasteiger partial charge is 0.508 e. The van der Waals surface area contributed by atoms with Gasteiger partial charge in [0, 0.05) is 19.5 Å². The lowest BCUT2D eigenvalue weighted by molar-refractivity contribution is -0.142. The van der Waals surface area contributed by atoms with Crippen molar-refractivity contribution in [2.24, 2.45) is 38.7 Å². The van der Waals surface area contributed by atoms with E-state index in [4.69, 9.17) is 28.7 Å². The van der Waals surface area contributed by atoms with Crippen LogP contribution in [0.25, 0.3) is 0 Å². The molecule has 40 heavy (non-hydrogen) atoms. The number of aliphatic carboxylic acids is 1. The predicted octanol–water partition coefficient (Wildman–Crippen LogP) is -3.07. The van der Waals surface area contributed by atoms with Gasteiger partial charge in [0.1, 0.15) is 23.9 Å². The number of guanidine groups is 2. The highest BCUT2D eigenvalue weighted by atomic mass is 16.4. The number of hydrogen-bond acceptors (Lipinski definition) is 8. The van der Waals surface area contributed by atoms with Crippen molar-refractivity contribution in [1.82, 2.24) is 16.0 Å². The number of carboxylic acid groups (broad SMARTS) is 1. The Morgan fingerprint density at radius 3 is 1.85 bits per heavy atom. The molecule has 0 aliphatic rings. The normalized spacial score (nSPS) is 13.6. The third kappa shape index (κ3) is 13.3. The number of aromatic hydroxyl groups is 1. The zero-order valence-corrected chi connectivity index (χ0v) is 22.4.